The van der Waals surface area contributed by atoms with Crippen LogP contribution in [0.2, 0.25) is 19.6 Å². The standard InChI is InChI=1S/C9H20NOSi/c1-10(2)9(7-8-11-3)12(4,5)6/h7-8H,1-6H3/b9-7+. The second-order valence-corrected chi connectivity index (χ2v) is 9.08. The van der Waals surface area contributed by atoms with Crippen molar-refractivity contribution in [2.45, 2.75) is 19.6 Å². The fourth-order valence-electron chi connectivity index (χ4n) is 1.20. The summed E-state index contributed by atoms with van der Waals surface area (Å²) < 4.78 is 4.91. The normalized spacial score (nSPS) is 13.3. The minimum atomic E-state index is -1.21. The summed E-state index contributed by atoms with van der Waals surface area (Å²) in [5, 5.41) is 1.39. The molecule has 0 heterocycles. The van der Waals surface area contributed by atoms with Gasteiger partial charge in [-0.25, -0.2) is 0 Å². The molecule has 0 unspecified atom stereocenters. The molecule has 1 radical (unpaired) electrons. The quantitative estimate of drug-likeness (QED) is 0.624. The zero-order valence-electron chi connectivity index (χ0n) is 9.01. The largest absolute Gasteiger partial charge is 0.385 e. The Bertz CT molecular complexity index is 158. The minimum absolute atomic E-state index is 1.21. The molecule has 0 rings (SSSR count). The molecule has 0 aromatic heterocycles. The van der Waals surface area contributed by atoms with Gasteiger partial charge in [0, 0.05) is 21.2 Å². The Balaban J connectivity index is 4.44. The summed E-state index contributed by atoms with van der Waals surface area (Å²) in [6.07, 6.45) is 2.06. The van der Waals surface area contributed by atoms with Crippen molar-refractivity contribution in [1.82, 2.24) is 4.90 Å². The van der Waals surface area contributed by atoms with Crippen LogP contribution in [0.25, 0.3) is 0 Å². The third kappa shape index (κ3) is 3.92. The molecule has 0 aromatic carbocycles. The fourth-order valence-corrected chi connectivity index (χ4v) is 3.11. The number of nitrogens with zero attached hydrogens (tertiary/aromatic N) is 1. The SMILES string of the molecule is CO[CH]/C=C(\N(C)C)[Si](C)(C)C. The zero-order valence-corrected chi connectivity index (χ0v) is 10.0. The molecule has 0 aromatic rings. The maximum absolute atomic E-state index is 4.91. The number of hydrogen-bond acceptors (Lipinski definition) is 2. The van der Waals surface area contributed by atoms with E-state index in [1.165, 1.54) is 5.32 Å². The van der Waals surface area contributed by atoms with Gasteiger partial charge in [-0.3, -0.25) is 0 Å². The van der Waals surface area contributed by atoms with Gasteiger partial charge >= 0.3 is 0 Å². The van der Waals surface area contributed by atoms with Gasteiger partial charge in [0.15, 0.2) is 0 Å². The lowest BCUT2D eigenvalue weighted by molar-refractivity contribution is 0.295. The van der Waals surface area contributed by atoms with Crippen molar-refractivity contribution in [2.24, 2.45) is 0 Å². The molecule has 2 nitrogen and oxygen atoms in total. The lowest BCUT2D eigenvalue weighted by Gasteiger charge is -2.27. The van der Waals surface area contributed by atoms with Crippen molar-refractivity contribution < 1.29 is 4.74 Å². The average Bonchev–Trinajstić information content (AvgIpc) is 1.84. The van der Waals surface area contributed by atoms with Crippen LogP contribution in [0.15, 0.2) is 11.4 Å². The molecule has 0 fully saturated rings. The first-order chi connectivity index (χ1) is 5.39. The van der Waals surface area contributed by atoms with Gasteiger partial charge in [0.25, 0.3) is 0 Å². The monoisotopic (exact) mass is 186 g/mol. The van der Waals surface area contributed by atoms with E-state index in [-0.39, 0.29) is 0 Å². The number of methoxy groups -OCH3 is 1. The summed E-state index contributed by atoms with van der Waals surface area (Å²) in [5.41, 5.74) is 0. The molecular weight excluding hydrogens is 166 g/mol. The van der Waals surface area contributed by atoms with E-state index in [2.05, 4.69) is 44.7 Å². The first-order valence-electron chi connectivity index (χ1n) is 4.13. The average molecular weight is 186 g/mol. The van der Waals surface area contributed by atoms with Gasteiger partial charge in [-0.1, -0.05) is 19.6 Å². The number of rotatable bonds is 4. The van der Waals surface area contributed by atoms with E-state index in [9.17, 15) is 0 Å². The van der Waals surface area contributed by atoms with Gasteiger partial charge in [-0.05, 0) is 11.4 Å². The Labute approximate surface area is 77.2 Å². The Hall–Kier alpha value is -0.283. The molecule has 0 spiro atoms. The molecule has 0 amide bonds. The second kappa shape index (κ2) is 4.67. The van der Waals surface area contributed by atoms with Gasteiger partial charge in [-0.2, -0.15) is 0 Å². The summed E-state index contributed by atoms with van der Waals surface area (Å²) in [4.78, 5) is 2.17. The number of hydrogen-bond donors (Lipinski definition) is 0. The van der Waals surface area contributed by atoms with Gasteiger partial charge < -0.3 is 9.64 Å². The molecule has 0 aliphatic rings. The maximum atomic E-state index is 4.91. The molecule has 0 aliphatic carbocycles. The van der Waals surface area contributed by atoms with Crippen LogP contribution in [0.3, 0.4) is 0 Å². The molecular formula is C9H20NOSi. The predicted octanol–water partition coefficient (Wildman–Crippen LogP) is 2.12. The highest BCUT2D eigenvalue weighted by atomic mass is 28.3. The summed E-state index contributed by atoms with van der Waals surface area (Å²) in [7, 11) is 4.62. The number of ether oxygens (including phenoxy) is 1. The lowest BCUT2D eigenvalue weighted by atomic mass is 10.6. The highest BCUT2D eigenvalue weighted by molar-refractivity contribution is 6.82. The van der Waals surface area contributed by atoms with Gasteiger partial charge in [-0.15, -0.1) is 0 Å². The first-order valence-corrected chi connectivity index (χ1v) is 7.63. The Morgan fingerprint density at radius 3 is 2.00 bits per heavy atom. The topological polar surface area (TPSA) is 12.5 Å². The van der Waals surface area contributed by atoms with Crippen molar-refractivity contribution in [3.8, 4) is 0 Å². The van der Waals surface area contributed by atoms with Crippen LogP contribution in [0, 0.1) is 6.61 Å². The van der Waals surface area contributed by atoms with Gasteiger partial charge in [0.1, 0.15) is 6.61 Å². The second-order valence-electron chi connectivity index (χ2n) is 4.07. The summed E-state index contributed by atoms with van der Waals surface area (Å²) in [6, 6.07) is 0. The molecule has 3 heteroatoms. The molecule has 0 atom stereocenters. The van der Waals surface area contributed by atoms with Crippen LogP contribution >= 0.6 is 0 Å². The van der Waals surface area contributed by atoms with E-state index in [1.807, 2.05) is 0 Å². The van der Waals surface area contributed by atoms with Crippen molar-refractivity contribution in [3.63, 3.8) is 0 Å². The van der Waals surface area contributed by atoms with E-state index in [0.29, 0.717) is 0 Å². The Morgan fingerprint density at radius 1 is 1.25 bits per heavy atom. The van der Waals surface area contributed by atoms with Crippen molar-refractivity contribution in [2.75, 3.05) is 21.2 Å². The Kier molecular flexibility index (Phi) is 4.56. The minimum Gasteiger partial charge on any atom is -0.385 e. The lowest BCUT2D eigenvalue weighted by Crippen LogP contribution is -2.33. The van der Waals surface area contributed by atoms with E-state index in [1.54, 1.807) is 13.7 Å². The summed E-state index contributed by atoms with van der Waals surface area (Å²) >= 11 is 0. The molecule has 0 saturated heterocycles. The zero-order chi connectivity index (χ0) is 9.78. The van der Waals surface area contributed by atoms with Crippen LogP contribution in [0.1, 0.15) is 0 Å². The summed E-state index contributed by atoms with van der Waals surface area (Å²) in [5.74, 6) is 0. The molecule has 0 N–H and O–H groups in total. The van der Waals surface area contributed by atoms with Gasteiger partial charge in [0.05, 0.1) is 8.07 Å². The smallest absolute Gasteiger partial charge is 0.107 e. The maximum Gasteiger partial charge on any atom is 0.107 e. The van der Waals surface area contributed by atoms with Crippen LogP contribution in [0.4, 0.5) is 0 Å². The fraction of sp³-hybridized carbons (Fsp3) is 0.667. The van der Waals surface area contributed by atoms with Crippen molar-refractivity contribution >= 4 is 8.07 Å². The van der Waals surface area contributed by atoms with Gasteiger partial charge in [0.2, 0.25) is 0 Å². The van der Waals surface area contributed by atoms with Crippen LogP contribution in [-0.4, -0.2) is 34.2 Å². The van der Waals surface area contributed by atoms with Crippen LogP contribution in [-0.2, 0) is 4.74 Å². The van der Waals surface area contributed by atoms with Crippen molar-refractivity contribution in [1.29, 1.82) is 0 Å². The van der Waals surface area contributed by atoms with Crippen LogP contribution < -0.4 is 0 Å². The molecule has 0 bridgehead atoms. The highest BCUT2D eigenvalue weighted by Crippen LogP contribution is 2.16. The molecule has 71 valence electrons. The van der Waals surface area contributed by atoms with Crippen molar-refractivity contribution in [3.05, 3.63) is 18.0 Å². The van der Waals surface area contributed by atoms with E-state index in [4.69, 9.17) is 4.74 Å². The third-order valence-electron chi connectivity index (χ3n) is 1.61. The highest BCUT2D eigenvalue weighted by Gasteiger charge is 2.20. The predicted molar refractivity (Wildman–Crippen MR) is 56.4 cm³/mol. The molecule has 0 saturated carbocycles. The van der Waals surface area contributed by atoms with E-state index in [0.717, 1.165) is 0 Å². The first kappa shape index (κ1) is 11.7. The molecule has 0 aliphatic heterocycles. The Morgan fingerprint density at radius 2 is 1.75 bits per heavy atom. The molecule has 12 heavy (non-hydrogen) atoms. The third-order valence-corrected chi connectivity index (χ3v) is 3.76. The van der Waals surface area contributed by atoms with E-state index >= 15 is 0 Å². The summed E-state index contributed by atoms with van der Waals surface area (Å²) in [6.45, 7) is 8.71. The van der Waals surface area contributed by atoms with Crippen LogP contribution in [0.5, 0.6) is 0 Å². The van der Waals surface area contributed by atoms with E-state index < -0.39 is 8.07 Å².